The van der Waals surface area contributed by atoms with Crippen molar-refractivity contribution in [3.8, 4) is 0 Å². The summed E-state index contributed by atoms with van der Waals surface area (Å²) >= 11 is 0. The van der Waals surface area contributed by atoms with E-state index in [0.717, 1.165) is 55.2 Å². The zero-order valence-electron chi connectivity index (χ0n) is 15.4. The van der Waals surface area contributed by atoms with E-state index in [0.29, 0.717) is 11.5 Å². The molecule has 0 aromatic carbocycles. The maximum absolute atomic E-state index is 12.2. The number of likely N-dealkylation sites (tertiary alicyclic amines) is 1. The molecule has 26 heavy (non-hydrogen) atoms. The molecule has 1 atom stereocenters. The summed E-state index contributed by atoms with van der Waals surface area (Å²) in [4.78, 5) is 27.1. The first-order valence-corrected chi connectivity index (χ1v) is 8.97. The van der Waals surface area contributed by atoms with Gasteiger partial charge in [0.15, 0.2) is 0 Å². The van der Waals surface area contributed by atoms with Gasteiger partial charge in [0.05, 0.1) is 0 Å². The third-order valence-electron chi connectivity index (χ3n) is 4.65. The molecule has 0 saturated carbocycles. The fraction of sp³-hybridized carbons (Fsp3) is 0.400. The molecule has 6 heteroatoms. The van der Waals surface area contributed by atoms with E-state index in [4.69, 9.17) is 0 Å². The van der Waals surface area contributed by atoms with Crippen molar-refractivity contribution in [3.63, 3.8) is 0 Å². The Hall–Kier alpha value is -2.76. The summed E-state index contributed by atoms with van der Waals surface area (Å²) in [6, 6.07) is 5.88. The Bertz CT molecular complexity index is 804. The van der Waals surface area contributed by atoms with Gasteiger partial charge in [-0.3, -0.25) is 4.79 Å². The highest BCUT2D eigenvalue weighted by Gasteiger charge is 2.24. The number of carbonyl (C=O) groups is 1. The number of anilines is 2. The number of hydrogen-bond acceptors (Lipinski definition) is 5. The molecule has 0 aliphatic carbocycles. The zero-order chi connectivity index (χ0) is 18.5. The Labute approximate surface area is 154 Å². The predicted molar refractivity (Wildman–Crippen MR) is 102 cm³/mol. The van der Waals surface area contributed by atoms with E-state index < -0.39 is 0 Å². The molecule has 3 rings (SSSR count). The number of aromatic nitrogens is 3. The third kappa shape index (κ3) is 4.45. The second kappa shape index (κ2) is 8.08. The number of piperidine rings is 1. The van der Waals surface area contributed by atoms with Gasteiger partial charge in [-0.25, -0.2) is 15.0 Å². The molecule has 2 aromatic heterocycles. The van der Waals surface area contributed by atoms with Crippen LogP contribution in [-0.4, -0.2) is 38.8 Å². The fourth-order valence-electron chi connectivity index (χ4n) is 3.30. The normalized spacial score (nSPS) is 17.0. The van der Waals surface area contributed by atoms with E-state index >= 15 is 0 Å². The summed E-state index contributed by atoms with van der Waals surface area (Å²) in [5, 5.41) is 3.25. The van der Waals surface area contributed by atoms with Crippen LogP contribution in [0.3, 0.4) is 0 Å². The second-order valence-corrected chi connectivity index (χ2v) is 6.93. The number of amides is 1. The summed E-state index contributed by atoms with van der Waals surface area (Å²) in [6.07, 6.45) is 6.29. The lowest BCUT2D eigenvalue weighted by Crippen LogP contribution is -2.40. The van der Waals surface area contributed by atoms with Crippen molar-refractivity contribution in [1.29, 1.82) is 0 Å². The summed E-state index contributed by atoms with van der Waals surface area (Å²) in [5.74, 6) is 2.01. The first kappa shape index (κ1) is 18.0. The molecule has 1 unspecified atom stereocenters. The summed E-state index contributed by atoms with van der Waals surface area (Å²) in [7, 11) is 0. The van der Waals surface area contributed by atoms with Crippen molar-refractivity contribution in [1.82, 2.24) is 19.9 Å². The van der Waals surface area contributed by atoms with Crippen LogP contribution in [0.5, 0.6) is 0 Å². The Balaban J connectivity index is 1.66. The molecule has 1 aliphatic heterocycles. The van der Waals surface area contributed by atoms with Crippen LogP contribution < -0.4 is 5.32 Å². The maximum Gasteiger partial charge on any atom is 0.248 e. The summed E-state index contributed by atoms with van der Waals surface area (Å²) in [6.45, 7) is 9.13. The Morgan fingerprint density at radius 3 is 3.00 bits per heavy atom. The van der Waals surface area contributed by atoms with Crippen LogP contribution in [0.25, 0.3) is 0 Å². The van der Waals surface area contributed by atoms with Crippen LogP contribution in [-0.2, 0) is 11.2 Å². The molecule has 1 fully saturated rings. The van der Waals surface area contributed by atoms with Gasteiger partial charge in [-0.15, -0.1) is 0 Å². The number of hydrogen-bond donors (Lipinski definition) is 1. The summed E-state index contributed by atoms with van der Waals surface area (Å²) in [5.41, 5.74) is 2.64. The number of nitrogens with zero attached hydrogens (tertiary/aromatic N) is 4. The fourth-order valence-corrected chi connectivity index (χ4v) is 3.30. The van der Waals surface area contributed by atoms with Crippen LogP contribution in [0.2, 0.25) is 0 Å². The molecule has 1 saturated heterocycles. The predicted octanol–water partition coefficient (Wildman–Crippen LogP) is 3.28. The average molecular weight is 351 g/mol. The van der Waals surface area contributed by atoms with E-state index in [-0.39, 0.29) is 5.91 Å². The van der Waals surface area contributed by atoms with Gasteiger partial charge in [-0.05, 0) is 50.7 Å². The van der Waals surface area contributed by atoms with Crippen molar-refractivity contribution in [3.05, 3.63) is 54.1 Å². The zero-order valence-corrected chi connectivity index (χ0v) is 15.4. The largest absolute Gasteiger partial charge is 0.339 e. The number of carbonyl (C=O) groups excluding carboxylic acids is 1. The van der Waals surface area contributed by atoms with Crippen molar-refractivity contribution in [2.75, 3.05) is 18.4 Å². The molecule has 1 aliphatic rings. The van der Waals surface area contributed by atoms with Crippen LogP contribution in [0.4, 0.5) is 11.6 Å². The highest BCUT2D eigenvalue weighted by Crippen LogP contribution is 2.22. The molecule has 1 amide bonds. The minimum absolute atomic E-state index is 0.0605. The highest BCUT2D eigenvalue weighted by atomic mass is 16.2. The SMILES string of the molecule is C=C(C)C(=O)N1CCCC(Cc2cc(Nc3ncccc3C)ncn2)C1. The number of pyridine rings is 1. The quantitative estimate of drug-likeness (QED) is 0.837. The van der Waals surface area contributed by atoms with Gasteiger partial charge >= 0.3 is 0 Å². The molecule has 136 valence electrons. The first-order chi connectivity index (χ1) is 12.5. The average Bonchev–Trinajstić information content (AvgIpc) is 2.63. The van der Waals surface area contributed by atoms with Crippen molar-refractivity contribution < 1.29 is 4.79 Å². The molecule has 6 nitrogen and oxygen atoms in total. The van der Waals surface area contributed by atoms with Crippen molar-refractivity contribution >= 4 is 17.5 Å². The Morgan fingerprint density at radius 2 is 2.23 bits per heavy atom. The smallest absolute Gasteiger partial charge is 0.248 e. The van der Waals surface area contributed by atoms with Gasteiger partial charge in [-0.1, -0.05) is 12.6 Å². The molecule has 0 spiro atoms. The van der Waals surface area contributed by atoms with E-state index in [1.54, 1.807) is 19.4 Å². The Kier molecular flexibility index (Phi) is 5.61. The van der Waals surface area contributed by atoms with E-state index in [1.807, 2.05) is 30.0 Å². The lowest BCUT2D eigenvalue weighted by molar-refractivity contribution is -0.128. The van der Waals surface area contributed by atoms with Gasteiger partial charge in [0.25, 0.3) is 0 Å². The van der Waals surface area contributed by atoms with Gasteiger partial charge in [0, 0.05) is 36.6 Å². The van der Waals surface area contributed by atoms with Crippen LogP contribution in [0.15, 0.2) is 42.9 Å². The molecule has 3 heterocycles. The Morgan fingerprint density at radius 1 is 1.38 bits per heavy atom. The monoisotopic (exact) mass is 351 g/mol. The number of rotatable bonds is 5. The minimum Gasteiger partial charge on any atom is -0.339 e. The topological polar surface area (TPSA) is 71.0 Å². The maximum atomic E-state index is 12.2. The molecular formula is C20H25N5O. The van der Waals surface area contributed by atoms with E-state index in [9.17, 15) is 4.79 Å². The number of aryl methyl sites for hydroxylation is 1. The number of nitrogens with one attached hydrogen (secondary N) is 1. The standard InChI is InChI=1S/C20H25N5O/c1-14(2)20(26)25-9-5-7-16(12-25)10-17-11-18(23-13-22-17)24-19-15(3)6-4-8-21-19/h4,6,8,11,13,16H,1,5,7,9-10,12H2,2-3H3,(H,21,22,23,24). The van der Waals surface area contributed by atoms with Gasteiger partial charge in [-0.2, -0.15) is 0 Å². The molecular weight excluding hydrogens is 326 g/mol. The third-order valence-corrected chi connectivity index (χ3v) is 4.65. The molecule has 2 aromatic rings. The van der Waals surface area contributed by atoms with Gasteiger partial charge < -0.3 is 10.2 Å². The van der Waals surface area contributed by atoms with Crippen LogP contribution >= 0.6 is 0 Å². The highest BCUT2D eigenvalue weighted by molar-refractivity contribution is 5.92. The van der Waals surface area contributed by atoms with Gasteiger partial charge in [0.1, 0.15) is 18.0 Å². The lowest BCUT2D eigenvalue weighted by Gasteiger charge is -2.32. The van der Waals surface area contributed by atoms with Gasteiger partial charge in [0.2, 0.25) is 5.91 Å². The van der Waals surface area contributed by atoms with E-state index in [1.165, 1.54) is 0 Å². The molecule has 0 bridgehead atoms. The molecule has 1 N–H and O–H groups in total. The molecule has 0 radical (unpaired) electrons. The van der Waals surface area contributed by atoms with Crippen molar-refractivity contribution in [2.45, 2.75) is 33.1 Å². The minimum atomic E-state index is 0.0605. The van der Waals surface area contributed by atoms with Crippen LogP contribution in [0.1, 0.15) is 31.0 Å². The first-order valence-electron chi connectivity index (χ1n) is 8.97. The van der Waals surface area contributed by atoms with Crippen LogP contribution in [0, 0.1) is 12.8 Å². The summed E-state index contributed by atoms with van der Waals surface area (Å²) < 4.78 is 0. The second-order valence-electron chi connectivity index (χ2n) is 6.93. The van der Waals surface area contributed by atoms with E-state index in [2.05, 4.69) is 26.8 Å². The van der Waals surface area contributed by atoms with Crippen molar-refractivity contribution in [2.24, 2.45) is 5.92 Å². The lowest BCUT2D eigenvalue weighted by atomic mass is 9.93.